The maximum atomic E-state index is 12.1. The number of nitrogens with one attached hydrogen (secondary N) is 1. The first kappa shape index (κ1) is 14.5. The monoisotopic (exact) mass is 249 g/mol. The molecule has 3 N–H and O–H groups in total. The Morgan fingerprint density at radius 3 is 2.67 bits per heavy atom. The maximum absolute atomic E-state index is 12.1. The number of rotatable bonds is 4. The first-order chi connectivity index (χ1) is 8.40. The molecular weight excluding hydrogens is 226 g/mol. The highest BCUT2D eigenvalue weighted by Crippen LogP contribution is 2.18. The van der Waals surface area contributed by atoms with E-state index in [1.54, 1.807) is 4.90 Å². The van der Waals surface area contributed by atoms with Crippen molar-refractivity contribution < 1.29 is 4.79 Å². The molecule has 0 aromatic heterocycles. The van der Waals surface area contributed by atoms with Crippen molar-refractivity contribution >= 4 is 11.7 Å². The second-order valence-corrected chi connectivity index (χ2v) is 5.06. The van der Waals surface area contributed by atoms with E-state index in [-0.39, 0.29) is 11.6 Å². The fourth-order valence-electron chi connectivity index (χ4n) is 1.50. The van der Waals surface area contributed by atoms with Crippen molar-refractivity contribution in [2.75, 3.05) is 12.4 Å². The average molecular weight is 249 g/mol. The molecule has 0 aliphatic carbocycles. The molecule has 0 spiro atoms. The smallest absolute Gasteiger partial charge is 0.322 e. The Balaban J connectivity index is 2.75. The van der Waals surface area contributed by atoms with Gasteiger partial charge in [0.15, 0.2) is 0 Å². The van der Waals surface area contributed by atoms with Gasteiger partial charge < -0.3 is 16.0 Å². The average Bonchev–Trinajstić information content (AvgIpc) is 2.37. The summed E-state index contributed by atoms with van der Waals surface area (Å²) in [7, 11) is 1.81. The molecule has 18 heavy (non-hydrogen) atoms. The number of urea groups is 1. The third-order valence-electron chi connectivity index (χ3n) is 3.49. The van der Waals surface area contributed by atoms with E-state index in [9.17, 15) is 4.79 Å². The predicted molar refractivity (Wildman–Crippen MR) is 75.5 cm³/mol. The Hall–Kier alpha value is -1.55. The molecule has 100 valence electrons. The molecule has 0 atom stereocenters. The molecule has 0 aliphatic rings. The summed E-state index contributed by atoms with van der Waals surface area (Å²) in [6, 6.07) is 7.49. The van der Waals surface area contributed by atoms with Gasteiger partial charge >= 0.3 is 6.03 Å². The number of hydrogen-bond acceptors (Lipinski definition) is 2. The quantitative estimate of drug-likeness (QED) is 0.862. The number of amides is 2. The van der Waals surface area contributed by atoms with Gasteiger partial charge in [-0.2, -0.15) is 0 Å². The van der Waals surface area contributed by atoms with Crippen molar-refractivity contribution in [3.05, 3.63) is 29.8 Å². The van der Waals surface area contributed by atoms with E-state index in [4.69, 9.17) is 5.73 Å². The number of anilines is 1. The Morgan fingerprint density at radius 2 is 2.11 bits per heavy atom. The molecule has 4 heteroatoms. The lowest BCUT2D eigenvalue weighted by atomic mass is 10.0. The van der Waals surface area contributed by atoms with Gasteiger partial charge in [0.05, 0.1) is 0 Å². The second-order valence-electron chi connectivity index (χ2n) is 5.06. The van der Waals surface area contributed by atoms with E-state index in [1.807, 2.05) is 45.2 Å². The largest absolute Gasteiger partial charge is 0.326 e. The summed E-state index contributed by atoms with van der Waals surface area (Å²) in [6.07, 6.45) is 0.903. The zero-order valence-electron chi connectivity index (χ0n) is 11.7. The van der Waals surface area contributed by atoms with Crippen LogP contribution in [0.1, 0.15) is 32.8 Å². The van der Waals surface area contributed by atoms with Gasteiger partial charge in [-0.15, -0.1) is 0 Å². The van der Waals surface area contributed by atoms with E-state index in [0.29, 0.717) is 6.54 Å². The zero-order valence-corrected chi connectivity index (χ0v) is 11.7. The molecule has 4 nitrogen and oxygen atoms in total. The number of nitrogens with zero attached hydrogens (tertiary/aromatic N) is 1. The highest BCUT2D eigenvalue weighted by molar-refractivity contribution is 5.89. The highest BCUT2D eigenvalue weighted by atomic mass is 16.2. The minimum absolute atomic E-state index is 0.101. The van der Waals surface area contributed by atoms with E-state index in [1.165, 1.54) is 0 Å². The fraction of sp³-hybridized carbons (Fsp3) is 0.500. The Morgan fingerprint density at radius 1 is 1.44 bits per heavy atom. The van der Waals surface area contributed by atoms with E-state index >= 15 is 0 Å². The Bertz CT molecular complexity index is 415. The van der Waals surface area contributed by atoms with Crippen molar-refractivity contribution in [2.45, 2.75) is 39.3 Å². The van der Waals surface area contributed by atoms with Crippen molar-refractivity contribution in [2.24, 2.45) is 5.73 Å². The van der Waals surface area contributed by atoms with Crippen LogP contribution in [0.25, 0.3) is 0 Å². The molecule has 0 heterocycles. The van der Waals surface area contributed by atoms with Crippen LogP contribution in [0, 0.1) is 0 Å². The summed E-state index contributed by atoms with van der Waals surface area (Å²) in [5, 5.41) is 2.89. The lowest BCUT2D eigenvalue weighted by Gasteiger charge is -2.34. The normalized spacial score (nSPS) is 11.2. The lowest BCUT2D eigenvalue weighted by molar-refractivity contribution is 0.165. The van der Waals surface area contributed by atoms with Gasteiger partial charge in [0.25, 0.3) is 0 Å². The third-order valence-corrected chi connectivity index (χ3v) is 3.49. The van der Waals surface area contributed by atoms with Crippen molar-refractivity contribution in [1.29, 1.82) is 0 Å². The van der Waals surface area contributed by atoms with Crippen LogP contribution in [-0.2, 0) is 6.54 Å². The van der Waals surface area contributed by atoms with Crippen LogP contribution in [0.4, 0.5) is 10.5 Å². The number of carbonyl (C=O) groups excluding carboxylic acids is 1. The predicted octanol–water partition coefficient (Wildman–Crippen LogP) is 2.80. The van der Waals surface area contributed by atoms with Gasteiger partial charge in [-0.05, 0) is 38.0 Å². The van der Waals surface area contributed by atoms with Crippen molar-refractivity contribution in [3.8, 4) is 0 Å². The van der Waals surface area contributed by atoms with Gasteiger partial charge in [0.1, 0.15) is 0 Å². The Kier molecular flexibility index (Phi) is 4.73. The second kappa shape index (κ2) is 5.87. The highest BCUT2D eigenvalue weighted by Gasteiger charge is 2.25. The standard InChI is InChI=1S/C14H23N3O/c1-5-14(2,3)17(4)13(18)16-12-8-6-7-11(9-12)10-15/h6-9H,5,10,15H2,1-4H3,(H,16,18). The molecule has 2 amide bonds. The van der Waals surface area contributed by atoms with Crippen LogP contribution in [0.3, 0.4) is 0 Å². The molecule has 0 saturated heterocycles. The molecule has 1 rings (SSSR count). The molecule has 1 aromatic carbocycles. The fourth-order valence-corrected chi connectivity index (χ4v) is 1.50. The summed E-state index contributed by atoms with van der Waals surface area (Å²) in [6.45, 7) is 6.63. The number of benzene rings is 1. The van der Waals surface area contributed by atoms with Gasteiger partial charge in [-0.1, -0.05) is 19.1 Å². The molecule has 0 bridgehead atoms. The minimum Gasteiger partial charge on any atom is -0.326 e. The SMILES string of the molecule is CCC(C)(C)N(C)C(=O)Nc1cccc(CN)c1. The topological polar surface area (TPSA) is 58.4 Å². The van der Waals surface area contributed by atoms with Gasteiger partial charge in [0, 0.05) is 24.8 Å². The maximum Gasteiger partial charge on any atom is 0.322 e. The molecule has 0 radical (unpaired) electrons. The molecular formula is C14H23N3O. The van der Waals surface area contributed by atoms with Crippen LogP contribution in [0.2, 0.25) is 0 Å². The third kappa shape index (κ3) is 3.47. The van der Waals surface area contributed by atoms with Crippen LogP contribution in [0.5, 0.6) is 0 Å². The lowest BCUT2D eigenvalue weighted by Crippen LogP contribution is -2.46. The van der Waals surface area contributed by atoms with Crippen LogP contribution < -0.4 is 11.1 Å². The summed E-state index contributed by atoms with van der Waals surface area (Å²) in [4.78, 5) is 13.8. The number of nitrogens with two attached hydrogens (primary N) is 1. The van der Waals surface area contributed by atoms with Crippen LogP contribution in [-0.4, -0.2) is 23.5 Å². The van der Waals surface area contributed by atoms with Crippen molar-refractivity contribution in [1.82, 2.24) is 4.90 Å². The first-order valence-corrected chi connectivity index (χ1v) is 6.24. The molecule has 1 aromatic rings. The van der Waals surface area contributed by atoms with E-state index in [0.717, 1.165) is 17.7 Å². The van der Waals surface area contributed by atoms with E-state index in [2.05, 4.69) is 12.2 Å². The molecule has 0 unspecified atom stereocenters. The Labute approximate surface area is 109 Å². The number of carbonyl (C=O) groups is 1. The summed E-state index contributed by atoms with van der Waals surface area (Å²) in [5.74, 6) is 0. The molecule has 0 fully saturated rings. The van der Waals surface area contributed by atoms with Gasteiger partial charge in [-0.3, -0.25) is 0 Å². The van der Waals surface area contributed by atoms with Crippen LogP contribution in [0.15, 0.2) is 24.3 Å². The summed E-state index contributed by atoms with van der Waals surface area (Å²) >= 11 is 0. The molecule has 0 saturated carbocycles. The zero-order chi connectivity index (χ0) is 13.8. The molecule has 0 aliphatic heterocycles. The van der Waals surface area contributed by atoms with Crippen LogP contribution >= 0.6 is 0 Å². The minimum atomic E-state index is -0.157. The number of hydrogen-bond donors (Lipinski definition) is 2. The van der Waals surface area contributed by atoms with Gasteiger partial charge in [0.2, 0.25) is 0 Å². The summed E-state index contributed by atoms with van der Waals surface area (Å²) < 4.78 is 0. The summed E-state index contributed by atoms with van der Waals surface area (Å²) in [5.41, 5.74) is 7.20. The van der Waals surface area contributed by atoms with E-state index < -0.39 is 0 Å². The van der Waals surface area contributed by atoms with Crippen molar-refractivity contribution in [3.63, 3.8) is 0 Å². The first-order valence-electron chi connectivity index (χ1n) is 6.24. The van der Waals surface area contributed by atoms with Gasteiger partial charge in [-0.25, -0.2) is 4.79 Å².